The molecule has 0 saturated heterocycles. The van der Waals surface area contributed by atoms with Crippen LogP contribution in [0, 0.1) is 5.92 Å². The number of nitrogens with zero attached hydrogens (tertiary/aromatic N) is 1. The molecule has 1 atom stereocenters. The molecular formula is C22H29N3O3. The van der Waals surface area contributed by atoms with Gasteiger partial charge in [0.1, 0.15) is 6.04 Å². The molecular weight excluding hydrogens is 354 g/mol. The molecule has 2 aromatic rings. The van der Waals surface area contributed by atoms with Crippen molar-refractivity contribution in [3.8, 4) is 0 Å². The molecule has 6 nitrogen and oxygen atoms in total. The molecule has 3 amide bonds. The highest BCUT2D eigenvalue weighted by Gasteiger charge is 2.28. The third-order valence-corrected chi connectivity index (χ3v) is 4.41. The molecule has 0 heterocycles. The summed E-state index contributed by atoms with van der Waals surface area (Å²) in [4.78, 5) is 27.0. The molecule has 0 aliphatic carbocycles. The quantitative estimate of drug-likeness (QED) is 0.622. The second-order valence-corrected chi connectivity index (χ2v) is 7.00. The number of carbonyl (C=O) groups is 2. The van der Waals surface area contributed by atoms with E-state index < -0.39 is 6.04 Å². The van der Waals surface area contributed by atoms with Gasteiger partial charge in [-0.1, -0.05) is 74.5 Å². The van der Waals surface area contributed by atoms with Crippen LogP contribution in [0.1, 0.15) is 25.0 Å². The van der Waals surface area contributed by atoms with E-state index in [-0.39, 0.29) is 31.0 Å². The summed E-state index contributed by atoms with van der Waals surface area (Å²) in [6, 6.07) is 18.1. The van der Waals surface area contributed by atoms with Crippen molar-refractivity contribution < 1.29 is 14.7 Å². The Morgan fingerprint density at radius 3 is 2.07 bits per heavy atom. The second kappa shape index (κ2) is 11.1. The molecule has 0 radical (unpaired) electrons. The topological polar surface area (TPSA) is 81.7 Å². The van der Waals surface area contributed by atoms with E-state index in [1.807, 2.05) is 74.5 Å². The molecule has 6 heteroatoms. The Morgan fingerprint density at radius 2 is 1.54 bits per heavy atom. The van der Waals surface area contributed by atoms with Gasteiger partial charge in [0.15, 0.2) is 0 Å². The number of urea groups is 1. The molecule has 0 aromatic heterocycles. The lowest BCUT2D eigenvalue weighted by molar-refractivity contribution is -0.135. The zero-order valence-corrected chi connectivity index (χ0v) is 16.5. The smallest absolute Gasteiger partial charge is 0.315 e. The Bertz CT molecular complexity index is 735. The minimum atomic E-state index is -0.675. The van der Waals surface area contributed by atoms with Crippen molar-refractivity contribution in [1.82, 2.24) is 15.5 Å². The fourth-order valence-corrected chi connectivity index (χ4v) is 2.87. The first kappa shape index (κ1) is 21.4. The SMILES string of the molecule is CC(C)C(NC(=O)NCc1ccccc1)C(=O)N(CCO)Cc1ccccc1. The Kier molecular flexibility index (Phi) is 8.49. The summed E-state index contributed by atoms with van der Waals surface area (Å²) in [6.07, 6.45) is 0. The fourth-order valence-electron chi connectivity index (χ4n) is 2.87. The average Bonchev–Trinajstić information content (AvgIpc) is 2.71. The Morgan fingerprint density at radius 1 is 0.964 bits per heavy atom. The molecule has 0 aliphatic heterocycles. The first-order chi connectivity index (χ1) is 13.5. The molecule has 0 spiro atoms. The number of hydrogen-bond donors (Lipinski definition) is 3. The van der Waals surface area contributed by atoms with Crippen LogP contribution in [0.15, 0.2) is 60.7 Å². The molecule has 0 fully saturated rings. The Balaban J connectivity index is 2.00. The first-order valence-electron chi connectivity index (χ1n) is 9.53. The van der Waals surface area contributed by atoms with Crippen LogP contribution in [-0.2, 0) is 17.9 Å². The molecule has 0 bridgehead atoms. The summed E-state index contributed by atoms with van der Waals surface area (Å²) in [5, 5.41) is 15.0. The predicted octanol–water partition coefficient (Wildman–Crippen LogP) is 2.53. The van der Waals surface area contributed by atoms with E-state index in [1.54, 1.807) is 4.90 Å². The van der Waals surface area contributed by atoms with Gasteiger partial charge in [-0.05, 0) is 17.0 Å². The number of nitrogens with one attached hydrogen (secondary N) is 2. The van der Waals surface area contributed by atoms with Crippen molar-refractivity contribution >= 4 is 11.9 Å². The van der Waals surface area contributed by atoms with Gasteiger partial charge < -0.3 is 20.6 Å². The zero-order chi connectivity index (χ0) is 20.4. The lowest BCUT2D eigenvalue weighted by atomic mass is 10.0. The van der Waals surface area contributed by atoms with Crippen molar-refractivity contribution in [3.05, 3.63) is 71.8 Å². The number of aliphatic hydroxyl groups is 1. The number of rotatable bonds is 9. The van der Waals surface area contributed by atoms with Crippen LogP contribution < -0.4 is 10.6 Å². The number of benzene rings is 2. The van der Waals surface area contributed by atoms with Gasteiger partial charge >= 0.3 is 6.03 Å². The van der Waals surface area contributed by atoms with Crippen molar-refractivity contribution in [2.24, 2.45) is 5.92 Å². The molecule has 0 saturated carbocycles. The van der Waals surface area contributed by atoms with Crippen LogP contribution in [-0.4, -0.2) is 41.1 Å². The second-order valence-electron chi connectivity index (χ2n) is 7.00. The van der Waals surface area contributed by atoms with E-state index in [9.17, 15) is 14.7 Å². The van der Waals surface area contributed by atoms with Crippen molar-refractivity contribution in [2.75, 3.05) is 13.2 Å². The lowest BCUT2D eigenvalue weighted by Gasteiger charge is -2.29. The average molecular weight is 383 g/mol. The third kappa shape index (κ3) is 6.70. The highest BCUT2D eigenvalue weighted by atomic mass is 16.3. The summed E-state index contributed by atoms with van der Waals surface area (Å²) < 4.78 is 0. The van der Waals surface area contributed by atoms with Crippen LogP contribution >= 0.6 is 0 Å². The van der Waals surface area contributed by atoms with E-state index in [0.29, 0.717) is 13.1 Å². The normalized spacial score (nSPS) is 11.7. The number of amides is 3. The third-order valence-electron chi connectivity index (χ3n) is 4.41. The minimum absolute atomic E-state index is 0.0908. The van der Waals surface area contributed by atoms with E-state index in [4.69, 9.17) is 0 Å². The van der Waals surface area contributed by atoms with Crippen molar-refractivity contribution in [1.29, 1.82) is 0 Å². The largest absolute Gasteiger partial charge is 0.395 e. The Labute approximate surface area is 166 Å². The van der Waals surface area contributed by atoms with Gasteiger partial charge in [-0.25, -0.2) is 4.79 Å². The summed E-state index contributed by atoms with van der Waals surface area (Å²) >= 11 is 0. The van der Waals surface area contributed by atoms with Gasteiger partial charge in [0, 0.05) is 19.6 Å². The van der Waals surface area contributed by atoms with E-state index in [2.05, 4.69) is 10.6 Å². The van der Waals surface area contributed by atoms with Crippen LogP contribution in [0.5, 0.6) is 0 Å². The monoisotopic (exact) mass is 383 g/mol. The molecule has 2 aromatic carbocycles. The van der Waals surface area contributed by atoms with Crippen molar-refractivity contribution in [2.45, 2.75) is 33.0 Å². The standard InChI is InChI=1S/C22H29N3O3/c1-17(2)20(24-22(28)23-15-18-9-5-3-6-10-18)21(27)25(13-14-26)16-19-11-7-4-8-12-19/h3-12,17,20,26H,13-16H2,1-2H3,(H2,23,24,28). The van der Waals surface area contributed by atoms with Crippen LogP contribution in [0.25, 0.3) is 0 Å². The predicted molar refractivity (Wildman–Crippen MR) is 109 cm³/mol. The van der Waals surface area contributed by atoms with Gasteiger partial charge in [0.25, 0.3) is 0 Å². The summed E-state index contributed by atoms with van der Waals surface area (Å²) in [5.41, 5.74) is 1.95. The van der Waals surface area contributed by atoms with Gasteiger partial charge in [-0.3, -0.25) is 4.79 Å². The van der Waals surface area contributed by atoms with E-state index in [0.717, 1.165) is 11.1 Å². The lowest BCUT2D eigenvalue weighted by Crippen LogP contribution is -2.53. The maximum absolute atomic E-state index is 13.1. The number of hydrogen-bond acceptors (Lipinski definition) is 3. The van der Waals surface area contributed by atoms with Crippen LogP contribution in [0.2, 0.25) is 0 Å². The summed E-state index contributed by atoms with van der Waals surface area (Å²) in [5.74, 6) is -0.297. The summed E-state index contributed by atoms with van der Waals surface area (Å²) in [6.45, 7) is 4.63. The van der Waals surface area contributed by atoms with Gasteiger partial charge in [-0.15, -0.1) is 0 Å². The highest BCUT2D eigenvalue weighted by molar-refractivity contribution is 5.87. The molecule has 2 rings (SSSR count). The van der Waals surface area contributed by atoms with Crippen LogP contribution in [0.3, 0.4) is 0 Å². The first-order valence-corrected chi connectivity index (χ1v) is 9.53. The molecule has 28 heavy (non-hydrogen) atoms. The zero-order valence-electron chi connectivity index (χ0n) is 16.5. The van der Waals surface area contributed by atoms with Gasteiger partial charge in [0.2, 0.25) is 5.91 Å². The Hall–Kier alpha value is -2.86. The number of carbonyl (C=O) groups excluding carboxylic acids is 2. The maximum atomic E-state index is 13.1. The van der Waals surface area contributed by atoms with Gasteiger partial charge in [-0.2, -0.15) is 0 Å². The number of aliphatic hydroxyl groups excluding tert-OH is 1. The molecule has 150 valence electrons. The maximum Gasteiger partial charge on any atom is 0.315 e. The van der Waals surface area contributed by atoms with E-state index in [1.165, 1.54) is 0 Å². The highest BCUT2D eigenvalue weighted by Crippen LogP contribution is 2.11. The fraction of sp³-hybridized carbons (Fsp3) is 0.364. The molecule has 0 aliphatic rings. The molecule has 3 N–H and O–H groups in total. The van der Waals surface area contributed by atoms with E-state index >= 15 is 0 Å². The summed E-state index contributed by atoms with van der Waals surface area (Å²) in [7, 11) is 0. The van der Waals surface area contributed by atoms with Crippen molar-refractivity contribution in [3.63, 3.8) is 0 Å². The molecule has 1 unspecified atom stereocenters. The minimum Gasteiger partial charge on any atom is -0.395 e. The van der Waals surface area contributed by atoms with Crippen LogP contribution in [0.4, 0.5) is 4.79 Å². The van der Waals surface area contributed by atoms with Gasteiger partial charge in [0.05, 0.1) is 6.61 Å².